The summed E-state index contributed by atoms with van der Waals surface area (Å²) in [5.41, 5.74) is 5.83. The van der Waals surface area contributed by atoms with Crippen LogP contribution in [0, 0.1) is 11.8 Å². The number of aliphatic carboxylic acids is 1. The molecule has 0 radical (unpaired) electrons. The van der Waals surface area contributed by atoms with Crippen LogP contribution in [0.1, 0.15) is 52.0 Å². The maximum atomic E-state index is 12.9. The van der Waals surface area contributed by atoms with E-state index in [0.717, 1.165) is 11.3 Å². The average Bonchev–Trinajstić information content (AvgIpc) is 2.90. The fourth-order valence-electron chi connectivity index (χ4n) is 3.82. The smallest absolute Gasteiger partial charge is 0.321 e. The molecule has 0 aliphatic carbocycles. The Kier molecular flexibility index (Phi) is 7.36. The summed E-state index contributed by atoms with van der Waals surface area (Å²) in [6, 6.07) is 4.84. The van der Waals surface area contributed by atoms with Crippen molar-refractivity contribution >= 4 is 23.9 Å². The van der Waals surface area contributed by atoms with Crippen LogP contribution in [0.3, 0.4) is 0 Å². The molecule has 0 saturated heterocycles. The average molecular weight is 418 g/mol. The van der Waals surface area contributed by atoms with Gasteiger partial charge in [0.1, 0.15) is 29.6 Å². The molecule has 2 rings (SSSR count). The molecule has 1 aliphatic heterocycles. The van der Waals surface area contributed by atoms with Gasteiger partial charge in [0.05, 0.1) is 6.04 Å². The van der Waals surface area contributed by atoms with Gasteiger partial charge in [-0.15, -0.1) is 0 Å². The van der Waals surface area contributed by atoms with Crippen molar-refractivity contribution in [3.05, 3.63) is 29.8 Å². The third kappa shape index (κ3) is 5.24. The molecule has 0 spiro atoms. The van der Waals surface area contributed by atoms with Crippen molar-refractivity contribution in [1.29, 1.82) is 0 Å². The lowest BCUT2D eigenvalue weighted by Crippen LogP contribution is -2.51. The van der Waals surface area contributed by atoms with Gasteiger partial charge >= 0.3 is 5.97 Å². The fraction of sp³-hybridized carbons (Fsp3) is 0.545. The molecule has 2 unspecified atom stereocenters. The van der Waals surface area contributed by atoms with E-state index in [0.29, 0.717) is 0 Å². The monoisotopic (exact) mass is 418 g/mol. The quantitative estimate of drug-likeness (QED) is 0.388. The van der Waals surface area contributed by atoms with Gasteiger partial charge in [0, 0.05) is 17.9 Å². The summed E-state index contributed by atoms with van der Waals surface area (Å²) in [6.45, 7) is 7.53. The molecule has 4 atom stereocenters. The van der Waals surface area contributed by atoms with Crippen molar-refractivity contribution < 1.29 is 29.0 Å². The van der Waals surface area contributed by atoms with Gasteiger partial charge in [0.15, 0.2) is 5.78 Å². The van der Waals surface area contributed by atoms with Crippen molar-refractivity contribution in [2.45, 2.75) is 64.1 Å². The van der Waals surface area contributed by atoms with Crippen LogP contribution in [0.2, 0.25) is 0 Å². The number of nitrogens with one attached hydrogen (secondary N) is 1. The highest BCUT2D eigenvalue weighted by atomic mass is 16.5. The molecular formula is C22H30N2O6. The van der Waals surface area contributed by atoms with Crippen molar-refractivity contribution in [2.24, 2.45) is 17.6 Å². The van der Waals surface area contributed by atoms with Gasteiger partial charge in [-0.05, 0) is 32.3 Å². The number of amides is 1. The Hall–Kier alpha value is -2.74. The number of rotatable bonds is 10. The number of aldehydes is 1. The van der Waals surface area contributed by atoms with Gasteiger partial charge in [-0.25, -0.2) is 0 Å². The molecule has 1 aliphatic rings. The molecule has 0 aromatic heterocycles. The predicted molar refractivity (Wildman–Crippen MR) is 110 cm³/mol. The highest BCUT2D eigenvalue weighted by Gasteiger charge is 2.42. The first-order valence-electron chi connectivity index (χ1n) is 10.0. The normalized spacial score (nSPS) is 19.9. The van der Waals surface area contributed by atoms with Crippen molar-refractivity contribution in [1.82, 2.24) is 5.32 Å². The van der Waals surface area contributed by atoms with E-state index in [-0.39, 0.29) is 36.9 Å². The van der Waals surface area contributed by atoms with Gasteiger partial charge < -0.3 is 25.7 Å². The van der Waals surface area contributed by atoms with E-state index in [9.17, 15) is 19.2 Å². The topological polar surface area (TPSA) is 136 Å². The van der Waals surface area contributed by atoms with Crippen LogP contribution >= 0.6 is 0 Å². The second-order valence-electron chi connectivity index (χ2n) is 8.68. The van der Waals surface area contributed by atoms with E-state index in [1.54, 1.807) is 0 Å². The van der Waals surface area contributed by atoms with Crippen LogP contribution in [-0.2, 0) is 19.2 Å². The third-order valence-electron chi connectivity index (χ3n) is 5.43. The van der Waals surface area contributed by atoms with E-state index in [1.807, 2.05) is 52.0 Å². The molecule has 4 N–H and O–H groups in total. The Bertz CT molecular complexity index is 820. The zero-order valence-electron chi connectivity index (χ0n) is 17.8. The number of hydrogen-bond donors (Lipinski definition) is 3. The molecule has 164 valence electrons. The van der Waals surface area contributed by atoms with E-state index >= 15 is 0 Å². The van der Waals surface area contributed by atoms with Crippen LogP contribution in [0.15, 0.2) is 24.3 Å². The minimum atomic E-state index is -1.66. The third-order valence-corrected chi connectivity index (χ3v) is 5.43. The van der Waals surface area contributed by atoms with Gasteiger partial charge in [-0.3, -0.25) is 14.4 Å². The highest BCUT2D eigenvalue weighted by Crippen LogP contribution is 2.46. The highest BCUT2D eigenvalue weighted by molar-refractivity contribution is 6.02. The fourth-order valence-corrected chi connectivity index (χ4v) is 3.82. The summed E-state index contributed by atoms with van der Waals surface area (Å²) in [6.07, 6.45) is 0.593. The second-order valence-corrected chi connectivity index (χ2v) is 8.68. The van der Waals surface area contributed by atoms with E-state index in [2.05, 4.69) is 5.32 Å². The van der Waals surface area contributed by atoms with Gasteiger partial charge in [-0.2, -0.15) is 0 Å². The lowest BCUT2D eigenvalue weighted by Gasteiger charge is -2.28. The molecule has 0 bridgehead atoms. The first-order valence-corrected chi connectivity index (χ1v) is 10.0. The minimum Gasteiger partial charge on any atom is -0.487 e. The maximum absolute atomic E-state index is 12.9. The standard InChI is InChI=1S/C22H30N2O6/c1-12(2)9-16(20(27)14(11-25)19(23)21(28)29)24-18(26)10-15-13-7-5-6-8-17(13)30-22(15,3)4/h5-8,11-12,14-16,19H,9-10,23H2,1-4H3,(H,24,26)(H,28,29)/t14-,15?,16+,19?/m1/s1. The summed E-state index contributed by atoms with van der Waals surface area (Å²) in [5, 5.41) is 11.8. The molecule has 0 fully saturated rings. The SMILES string of the molecule is CC(C)C[C@H](NC(=O)CC1c2ccccc2OC1(C)C)C(=O)[C@H](C=O)C(N)C(=O)O. The van der Waals surface area contributed by atoms with Crippen LogP contribution in [-0.4, -0.2) is 46.7 Å². The molecule has 1 amide bonds. The van der Waals surface area contributed by atoms with Crippen LogP contribution in [0.25, 0.3) is 0 Å². The summed E-state index contributed by atoms with van der Waals surface area (Å²) in [4.78, 5) is 48.2. The number of ketones is 1. The zero-order valence-corrected chi connectivity index (χ0v) is 17.8. The van der Waals surface area contributed by atoms with Crippen molar-refractivity contribution in [3.8, 4) is 5.75 Å². The molecule has 8 heteroatoms. The Morgan fingerprint density at radius 2 is 1.90 bits per heavy atom. The lowest BCUT2D eigenvalue weighted by atomic mass is 9.83. The first kappa shape index (κ1) is 23.5. The van der Waals surface area contributed by atoms with Crippen LogP contribution in [0.5, 0.6) is 5.75 Å². The Morgan fingerprint density at radius 1 is 1.27 bits per heavy atom. The molecule has 0 saturated carbocycles. The number of fused-ring (bicyclic) bond motifs is 1. The zero-order chi connectivity index (χ0) is 22.6. The van der Waals surface area contributed by atoms with Crippen molar-refractivity contribution in [3.63, 3.8) is 0 Å². The number of carbonyl (C=O) groups excluding carboxylic acids is 3. The number of Topliss-reactive ketones (excluding diaryl/α,β-unsaturated/α-hetero) is 1. The molecule has 30 heavy (non-hydrogen) atoms. The summed E-state index contributed by atoms with van der Waals surface area (Å²) >= 11 is 0. The minimum absolute atomic E-state index is 0.0274. The van der Waals surface area contributed by atoms with Crippen LogP contribution in [0.4, 0.5) is 0 Å². The number of nitrogens with two attached hydrogens (primary N) is 1. The molecule has 1 aromatic carbocycles. The Labute approximate surface area is 176 Å². The number of carboxylic acids is 1. The summed E-state index contributed by atoms with van der Waals surface area (Å²) in [7, 11) is 0. The first-order chi connectivity index (χ1) is 14.0. The van der Waals surface area contributed by atoms with Crippen LogP contribution < -0.4 is 15.8 Å². The largest absolute Gasteiger partial charge is 0.487 e. The number of para-hydroxylation sites is 1. The predicted octanol–water partition coefficient (Wildman–Crippen LogP) is 1.66. The molecule has 8 nitrogen and oxygen atoms in total. The number of carboxylic acid groups (broad SMARTS) is 1. The molecule has 1 heterocycles. The maximum Gasteiger partial charge on any atom is 0.321 e. The number of hydrogen-bond acceptors (Lipinski definition) is 6. The number of benzene rings is 1. The lowest BCUT2D eigenvalue weighted by molar-refractivity contribution is -0.145. The number of ether oxygens (including phenoxy) is 1. The Morgan fingerprint density at radius 3 is 2.47 bits per heavy atom. The van der Waals surface area contributed by atoms with E-state index in [1.165, 1.54) is 0 Å². The summed E-state index contributed by atoms with van der Waals surface area (Å²) in [5.74, 6) is -3.50. The summed E-state index contributed by atoms with van der Waals surface area (Å²) < 4.78 is 5.96. The number of carbonyl (C=O) groups is 4. The second kappa shape index (κ2) is 9.38. The van der Waals surface area contributed by atoms with E-state index in [4.69, 9.17) is 15.6 Å². The van der Waals surface area contributed by atoms with E-state index < -0.39 is 35.4 Å². The molecule has 1 aromatic rings. The van der Waals surface area contributed by atoms with Gasteiger partial charge in [0.25, 0.3) is 0 Å². The van der Waals surface area contributed by atoms with Gasteiger partial charge in [-0.1, -0.05) is 32.0 Å². The van der Waals surface area contributed by atoms with Gasteiger partial charge in [0.2, 0.25) is 5.91 Å². The Balaban J connectivity index is 2.18. The molecular weight excluding hydrogens is 388 g/mol. The van der Waals surface area contributed by atoms with Crippen molar-refractivity contribution in [2.75, 3.05) is 0 Å².